The van der Waals surface area contributed by atoms with Crippen molar-refractivity contribution in [1.29, 1.82) is 0 Å². The fourth-order valence-electron chi connectivity index (χ4n) is 5.13. The van der Waals surface area contributed by atoms with Crippen LogP contribution >= 0.6 is 0 Å². The maximum atomic E-state index is 13.1. The Morgan fingerprint density at radius 3 is 2.48 bits per heavy atom. The number of amides is 2. The zero-order valence-electron chi connectivity index (χ0n) is 23.5. The number of benzene rings is 2. The van der Waals surface area contributed by atoms with E-state index < -0.39 is 14.8 Å². The quantitative estimate of drug-likeness (QED) is 0.205. The van der Waals surface area contributed by atoms with Gasteiger partial charge in [0.25, 0.3) is 0 Å². The molecule has 0 heterocycles. The third-order valence-corrected chi connectivity index (χ3v) is 8.36. The summed E-state index contributed by atoms with van der Waals surface area (Å²) in [6.07, 6.45) is 6.99. The van der Waals surface area contributed by atoms with Crippen molar-refractivity contribution >= 4 is 27.3 Å². The Hall–Kier alpha value is -3.47. The lowest BCUT2D eigenvalue weighted by atomic mass is 9.86. The standard InChI is InChI=1S/C29H39N3O7S/c1-4-16-31(24-12-11-22-20-27(39-2)26(32(35)36)19-23(22)18-24)29(34)8-6-5-7-15-30-28(33)17-21-9-13-25(14-10-21)40(3,37)38/h9-10,13-14,19-20,24H,4-8,11-12,15-18H2,1-3H3,(H,30,33). The number of fused-ring (bicyclic) bond motifs is 1. The van der Waals surface area contributed by atoms with Gasteiger partial charge in [-0.05, 0) is 73.4 Å². The topological polar surface area (TPSA) is 136 Å². The van der Waals surface area contributed by atoms with E-state index in [-0.39, 0.29) is 40.6 Å². The molecule has 10 nitrogen and oxygen atoms in total. The number of carbonyl (C=O) groups excluding carboxylic acids is 2. The van der Waals surface area contributed by atoms with Crippen molar-refractivity contribution in [2.75, 3.05) is 26.5 Å². The van der Waals surface area contributed by atoms with E-state index in [9.17, 15) is 28.1 Å². The zero-order valence-corrected chi connectivity index (χ0v) is 24.3. The maximum Gasteiger partial charge on any atom is 0.311 e. The zero-order chi connectivity index (χ0) is 29.3. The molecule has 40 heavy (non-hydrogen) atoms. The van der Waals surface area contributed by atoms with Gasteiger partial charge in [0.1, 0.15) is 0 Å². The molecule has 2 aromatic rings. The number of rotatable bonds is 14. The van der Waals surface area contributed by atoms with Crippen LogP contribution < -0.4 is 10.1 Å². The predicted octanol–water partition coefficient (Wildman–Crippen LogP) is 4.02. The molecule has 0 aromatic heterocycles. The molecule has 1 aliphatic carbocycles. The molecule has 218 valence electrons. The number of nitro benzene ring substituents is 1. The summed E-state index contributed by atoms with van der Waals surface area (Å²) < 4.78 is 28.3. The van der Waals surface area contributed by atoms with E-state index in [1.165, 1.54) is 19.2 Å². The Labute approximate surface area is 236 Å². The highest BCUT2D eigenvalue weighted by molar-refractivity contribution is 7.90. The number of carbonyl (C=O) groups is 2. The summed E-state index contributed by atoms with van der Waals surface area (Å²) >= 11 is 0. The molecule has 0 bridgehead atoms. The predicted molar refractivity (Wildman–Crippen MR) is 152 cm³/mol. The Morgan fingerprint density at radius 2 is 1.85 bits per heavy atom. The molecule has 0 saturated heterocycles. The molecule has 0 radical (unpaired) electrons. The summed E-state index contributed by atoms with van der Waals surface area (Å²) in [5.41, 5.74) is 2.63. The molecule has 0 aliphatic heterocycles. The summed E-state index contributed by atoms with van der Waals surface area (Å²) in [7, 11) is -1.84. The van der Waals surface area contributed by atoms with Crippen LogP contribution in [0, 0.1) is 10.1 Å². The van der Waals surface area contributed by atoms with E-state index in [0.717, 1.165) is 55.1 Å². The summed E-state index contributed by atoms with van der Waals surface area (Å²) in [5.74, 6) is 0.232. The molecule has 1 aliphatic rings. The second-order valence-electron chi connectivity index (χ2n) is 10.3. The molecular weight excluding hydrogens is 534 g/mol. The van der Waals surface area contributed by atoms with Gasteiger partial charge in [-0.25, -0.2) is 8.42 Å². The molecular formula is C29H39N3O7S. The van der Waals surface area contributed by atoms with Gasteiger partial charge in [0.2, 0.25) is 11.8 Å². The second-order valence-corrected chi connectivity index (χ2v) is 12.3. The first-order chi connectivity index (χ1) is 19.0. The summed E-state index contributed by atoms with van der Waals surface area (Å²) in [4.78, 5) is 38.6. The molecule has 0 fully saturated rings. The molecule has 3 rings (SSSR count). The summed E-state index contributed by atoms with van der Waals surface area (Å²) in [6, 6.07) is 9.66. The van der Waals surface area contributed by atoms with Crippen molar-refractivity contribution in [3.05, 3.63) is 63.2 Å². The Bertz CT molecular complexity index is 1310. The lowest BCUT2D eigenvalue weighted by molar-refractivity contribution is -0.385. The normalized spacial score (nSPS) is 14.7. The minimum absolute atomic E-state index is 0.0127. The third-order valence-electron chi connectivity index (χ3n) is 7.23. The molecule has 1 unspecified atom stereocenters. The van der Waals surface area contributed by atoms with Crippen molar-refractivity contribution in [2.45, 2.75) is 75.6 Å². The third kappa shape index (κ3) is 8.51. The molecule has 2 amide bonds. The molecule has 2 aromatic carbocycles. The maximum absolute atomic E-state index is 13.1. The van der Waals surface area contributed by atoms with Crippen LogP contribution in [0.15, 0.2) is 41.3 Å². The van der Waals surface area contributed by atoms with Crippen molar-refractivity contribution < 1.29 is 27.7 Å². The lowest BCUT2D eigenvalue weighted by Gasteiger charge is -2.35. The van der Waals surface area contributed by atoms with Crippen LogP contribution in [0.4, 0.5) is 5.69 Å². The van der Waals surface area contributed by atoms with Gasteiger partial charge in [-0.3, -0.25) is 19.7 Å². The SMILES string of the molecule is CCCN(C(=O)CCCCCNC(=O)Cc1ccc(S(C)(=O)=O)cc1)C1CCc2cc(OC)c([N+](=O)[O-])cc2C1. The number of nitrogens with one attached hydrogen (secondary N) is 1. The Balaban J connectivity index is 1.43. The highest BCUT2D eigenvalue weighted by atomic mass is 32.2. The van der Waals surface area contributed by atoms with E-state index in [1.54, 1.807) is 24.3 Å². The van der Waals surface area contributed by atoms with Gasteiger partial charge in [0.05, 0.1) is 23.3 Å². The van der Waals surface area contributed by atoms with E-state index in [0.29, 0.717) is 32.4 Å². The number of nitrogens with zero attached hydrogens (tertiary/aromatic N) is 2. The van der Waals surface area contributed by atoms with Crippen LogP contribution in [0.2, 0.25) is 0 Å². The number of methoxy groups -OCH3 is 1. The minimum atomic E-state index is -3.27. The summed E-state index contributed by atoms with van der Waals surface area (Å²) in [5, 5.41) is 14.3. The summed E-state index contributed by atoms with van der Waals surface area (Å²) in [6.45, 7) is 3.20. The molecule has 0 spiro atoms. The van der Waals surface area contributed by atoms with Crippen molar-refractivity contribution in [1.82, 2.24) is 10.2 Å². The van der Waals surface area contributed by atoms with Crippen LogP contribution in [0.1, 0.15) is 62.1 Å². The van der Waals surface area contributed by atoms with Crippen LogP contribution in [0.3, 0.4) is 0 Å². The highest BCUT2D eigenvalue weighted by Gasteiger charge is 2.29. The van der Waals surface area contributed by atoms with Gasteiger partial charge in [-0.2, -0.15) is 0 Å². The molecule has 1 N–H and O–H groups in total. The van der Waals surface area contributed by atoms with Gasteiger partial charge in [-0.1, -0.05) is 25.5 Å². The Kier molecular flexibility index (Phi) is 11.1. The minimum Gasteiger partial charge on any atom is -0.490 e. The van der Waals surface area contributed by atoms with Crippen LogP contribution in [-0.2, 0) is 38.7 Å². The second kappa shape index (κ2) is 14.2. The lowest BCUT2D eigenvalue weighted by Crippen LogP contribution is -2.43. The average molecular weight is 574 g/mol. The van der Waals surface area contributed by atoms with Gasteiger partial charge in [-0.15, -0.1) is 0 Å². The number of nitro groups is 1. The van der Waals surface area contributed by atoms with Gasteiger partial charge in [0.15, 0.2) is 15.6 Å². The van der Waals surface area contributed by atoms with E-state index in [2.05, 4.69) is 5.32 Å². The number of unbranched alkanes of at least 4 members (excludes halogenated alkanes) is 2. The van der Waals surface area contributed by atoms with E-state index in [1.807, 2.05) is 11.8 Å². The molecule has 11 heteroatoms. The van der Waals surface area contributed by atoms with Gasteiger partial charge in [0, 0.05) is 37.9 Å². The van der Waals surface area contributed by atoms with Crippen LogP contribution in [0.5, 0.6) is 5.75 Å². The van der Waals surface area contributed by atoms with Crippen molar-refractivity contribution in [3.63, 3.8) is 0 Å². The number of hydrogen-bond acceptors (Lipinski definition) is 7. The first-order valence-corrected chi connectivity index (χ1v) is 15.6. The monoisotopic (exact) mass is 573 g/mol. The number of sulfone groups is 1. The molecule has 1 atom stereocenters. The van der Waals surface area contributed by atoms with Crippen LogP contribution in [-0.4, -0.2) is 62.6 Å². The first-order valence-electron chi connectivity index (χ1n) is 13.7. The van der Waals surface area contributed by atoms with E-state index >= 15 is 0 Å². The fourth-order valence-corrected chi connectivity index (χ4v) is 5.76. The fraction of sp³-hybridized carbons (Fsp3) is 0.517. The van der Waals surface area contributed by atoms with Gasteiger partial charge < -0.3 is 15.0 Å². The number of hydrogen-bond donors (Lipinski definition) is 1. The largest absolute Gasteiger partial charge is 0.490 e. The van der Waals surface area contributed by atoms with E-state index in [4.69, 9.17) is 4.74 Å². The van der Waals surface area contributed by atoms with Gasteiger partial charge >= 0.3 is 5.69 Å². The Morgan fingerprint density at radius 1 is 1.12 bits per heavy atom. The van der Waals surface area contributed by atoms with Crippen molar-refractivity contribution in [3.8, 4) is 5.75 Å². The first kappa shape index (κ1) is 31.1. The number of aryl methyl sites for hydroxylation is 1. The smallest absolute Gasteiger partial charge is 0.311 e. The van der Waals surface area contributed by atoms with Crippen LogP contribution in [0.25, 0.3) is 0 Å². The number of ether oxygens (including phenoxy) is 1. The molecule has 0 saturated carbocycles. The van der Waals surface area contributed by atoms with Crippen molar-refractivity contribution in [2.24, 2.45) is 0 Å². The highest BCUT2D eigenvalue weighted by Crippen LogP contribution is 2.35. The average Bonchev–Trinajstić information content (AvgIpc) is 2.92.